The summed E-state index contributed by atoms with van der Waals surface area (Å²) in [5.41, 5.74) is 6.32. The number of rotatable bonds is 3. The van der Waals surface area contributed by atoms with Crippen LogP contribution in [-0.2, 0) is 10.2 Å². The van der Waals surface area contributed by atoms with Crippen LogP contribution in [-0.4, -0.2) is 18.0 Å². The highest BCUT2D eigenvalue weighted by Gasteiger charge is 2.32. The van der Waals surface area contributed by atoms with Crippen LogP contribution in [0.25, 0.3) is 0 Å². The van der Waals surface area contributed by atoms with Crippen LogP contribution in [0.1, 0.15) is 45.1 Å². The lowest BCUT2D eigenvalue weighted by Gasteiger charge is -2.31. The first kappa shape index (κ1) is 15.3. The van der Waals surface area contributed by atoms with E-state index in [9.17, 15) is 4.79 Å². The lowest BCUT2D eigenvalue weighted by Crippen LogP contribution is -2.47. The van der Waals surface area contributed by atoms with E-state index in [1.54, 1.807) is 0 Å². The van der Waals surface area contributed by atoms with Crippen LogP contribution in [0.2, 0.25) is 5.02 Å². The number of nitrogens with two attached hydrogens (primary N) is 1. The number of carbonyl (C=O) groups excluding carboxylic acids is 1. The number of benzene rings is 1. The summed E-state index contributed by atoms with van der Waals surface area (Å²) in [6.07, 6.45) is 3.94. The first-order valence-corrected chi connectivity index (χ1v) is 7.60. The van der Waals surface area contributed by atoms with Crippen molar-refractivity contribution in [1.82, 2.24) is 5.32 Å². The van der Waals surface area contributed by atoms with E-state index in [2.05, 4.69) is 5.32 Å². The fourth-order valence-electron chi connectivity index (χ4n) is 2.63. The smallest absolute Gasteiger partial charge is 0.230 e. The zero-order valence-corrected chi connectivity index (χ0v) is 12.9. The summed E-state index contributed by atoms with van der Waals surface area (Å²) >= 11 is 5.90. The molecule has 1 saturated carbocycles. The van der Waals surface area contributed by atoms with E-state index in [1.165, 1.54) is 0 Å². The van der Waals surface area contributed by atoms with Crippen molar-refractivity contribution in [3.05, 3.63) is 34.9 Å². The Morgan fingerprint density at radius 1 is 1.20 bits per heavy atom. The van der Waals surface area contributed by atoms with Crippen molar-refractivity contribution < 1.29 is 4.79 Å². The maximum absolute atomic E-state index is 12.5. The van der Waals surface area contributed by atoms with Crippen LogP contribution in [0.4, 0.5) is 0 Å². The van der Waals surface area contributed by atoms with E-state index in [0.717, 1.165) is 31.2 Å². The fourth-order valence-corrected chi connectivity index (χ4v) is 2.75. The highest BCUT2D eigenvalue weighted by atomic mass is 35.5. The van der Waals surface area contributed by atoms with Crippen molar-refractivity contribution in [1.29, 1.82) is 0 Å². The van der Waals surface area contributed by atoms with Gasteiger partial charge in [-0.1, -0.05) is 23.7 Å². The summed E-state index contributed by atoms with van der Waals surface area (Å²) < 4.78 is 0. The summed E-state index contributed by atoms with van der Waals surface area (Å²) in [5.74, 6) is 0.0697. The molecule has 1 fully saturated rings. The second-order valence-electron chi connectivity index (χ2n) is 6.22. The van der Waals surface area contributed by atoms with E-state index in [1.807, 2.05) is 38.1 Å². The molecule has 0 saturated heterocycles. The van der Waals surface area contributed by atoms with Gasteiger partial charge in [0.15, 0.2) is 0 Å². The van der Waals surface area contributed by atoms with Gasteiger partial charge in [0.05, 0.1) is 5.41 Å². The Bertz CT molecular complexity index is 462. The van der Waals surface area contributed by atoms with Gasteiger partial charge in [0.1, 0.15) is 0 Å². The van der Waals surface area contributed by atoms with Gasteiger partial charge < -0.3 is 11.1 Å². The van der Waals surface area contributed by atoms with Crippen LogP contribution in [0, 0.1) is 0 Å². The molecule has 0 unspecified atom stereocenters. The van der Waals surface area contributed by atoms with E-state index in [-0.39, 0.29) is 11.9 Å². The molecule has 3 nitrogen and oxygen atoms in total. The molecule has 20 heavy (non-hydrogen) atoms. The standard InChI is InChI=1S/C16H23ClN2O/c1-16(2,11-3-5-12(17)6-4-11)15(20)19-14-9-7-13(18)8-10-14/h3-6,13-14H,7-10,18H2,1-2H3,(H,19,20). The van der Waals surface area contributed by atoms with Crippen molar-refractivity contribution in [3.8, 4) is 0 Å². The van der Waals surface area contributed by atoms with Crippen molar-refractivity contribution >= 4 is 17.5 Å². The van der Waals surface area contributed by atoms with Gasteiger partial charge in [-0.25, -0.2) is 0 Å². The normalized spacial score (nSPS) is 23.4. The minimum atomic E-state index is -0.551. The minimum Gasteiger partial charge on any atom is -0.353 e. The van der Waals surface area contributed by atoms with Crippen LogP contribution in [0.5, 0.6) is 0 Å². The van der Waals surface area contributed by atoms with Gasteiger partial charge in [0, 0.05) is 17.1 Å². The van der Waals surface area contributed by atoms with E-state index < -0.39 is 5.41 Å². The SMILES string of the molecule is CC(C)(C(=O)NC1CCC(N)CC1)c1ccc(Cl)cc1. The van der Waals surface area contributed by atoms with Crippen molar-refractivity contribution in [3.63, 3.8) is 0 Å². The van der Waals surface area contributed by atoms with Gasteiger partial charge in [-0.3, -0.25) is 4.79 Å². The van der Waals surface area contributed by atoms with Gasteiger partial charge in [-0.2, -0.15) is 0 Å². The molecule has 1 aromatic rings. The van der Waals surface area contributed by atoms with Gasteiger partial charge in [0.2, 0.25) is 5.91 Å². The molecule has 110 valence electrons. The predicted molar refractivity (Wildman–Crippen MR) is 82.9 cm³/mol. The van der Waals surface area contributed by atoms with Crippen LogP contribution >= 0.6 is 11.6 Å². The first-order valence-electron chi connectivity index (χ1n) is 7.22. The summed E-state index contributed by atoms with van der Waals surface area (Å²) in [6, 6.07) is 8.04. The molecule has 0 spiro atoms. The quantitative estimate of drug-likeness (QED) is 0.900. The molecule has 3 N–H and O–H groups in total. The zero-order valence-electron chi connectivity index (χ0n) is 12.2. The number of nitrogens with one attached hydrogen (secondary N) is 1. The number of carbonyl (C=O) groups is 1. The number of amides is 1. The minimum absolute atomic E-state index is 0.0697. The van der Waals surface area contributed by atoms with Gasteiger partial charge in [-0.05, 0) is 57.2 Å². The third-order valence-electron chi connectivity index (χ3n) is 4.24. The average molecular weight is 295 g/mol. The molecule has 1 aliphatic carbocycles. The highest BCUT2D eigenvalue weighted by molar-refractivity contribution is 6.30. The van der Waals surface area contributed by atoms with Crippen molar-refractivity contribution in [2.45, 2.75) is 57.0 Å². The molecule has 0 bridgehead atoms. The second kappa shape index (κ2) is 6.15. The second-order valence-corrected chi connectivity index (χ2v) is 6.65. The summed E-state index contributed by atoms with van der Waals surface area (Å²) in [4.78, 5) is 12.5. The maximum atomic E-state index is 12.5. The number of hydrogen-bond donors (Lipinski definition) is 2. The molecular formula is C16H23ClN2O. The monoisotopic (exact) mass is 294 g/mol. The van der Waals surface area contributed by atoms with Crippen LogP contribution in [0.3, 0.4) is 0 Å². The topological polar surface area (TPSA) is 55.1 Å². The molecular weight excluding hydrogens is 272 g/mol. The molecule has 2 rings (SSSR count). The predicted octanol–water partition coefficient (Wildman–Crippen LogP) is 3.00. The molecule has 1 aliphatic rings. The van der Waals surface area contributed by atoms with Gasteiger partial charge >= 0.3 is 0 Å². The van der Waals surface area contributed by atoms with E-state index in [4.69, 9.17) is 17.3 Å². The van der Waals surface area contributed by atoms with Crippen LogP contribution in [0.15, 0.2) is 24.3 Å². The summed E-state index contributed by atoms with van der Waals surface area (Å²) in [5, 5.41) is 3.85. The highest BCUT2D eigenvalue weighted by Crippen LogP contribution is 2.26. The Morgan fingerprint density at radius 3 is 2.30 bits per heavy atom. The Hall–Kier alpha value is -1.06. The molecule has 1 amide bonds. The Labute approximate surface area is 125 Å². The summed E-state index contributed by atoms with van der Waals surface area (Å²) in [6.45, 7) is 3.89. The number of halogens is 1. The third-order valence-corrected chi connectivity index (χ3v) is 4.49. The maximum Gasteiger partial charge on any atom is 0.230 e. The molecule has 0 aliphatic heterocycles. The lowest BCUT2D eigenvalue weighted by atomic mass is 9.82. The van der Waals surface area contributed by atoms with Crippen molar-refractivity contribution in [2.75, 3.05) is 0 Å². The average Bonchev–Trinajstić information content (AvgIpc) is 2.42. The Morgan fingerprint density at radius 2 is 1.75 bits per heavy atom. The zero-order chi connectivity index (χ0) is 14.8. The third kappa shape index (κ3) is 3.53. The van der Waals surface area contributed by atoms with E-state index >= 15 is 0 Å². The van der Waals surface area contributed by atoms with Crippen LogP contribution < -0.4 is 11.1 Å². The molecule has 0 aromatic heterocycles. The summed E-state index contributed by atoms with van der Waals surface area (Å²) in [7, 11) is 0. The lowest BCUT2D eigenvalue weighted by molar-refractivity contribution is -0.126. The Balaban J connectivity index is 2.01. The van der Waals surface area contributed by atoms with Gasteiger partial charge in [0.25, 0.3) is 0 Å². The molecule has 0 radical (unpaired) electrons. The fraction of sp³-hybridized carbons (Fsp3) is 0.562. The number of hydrogen-bond acceptors (Lipinski definition) is 2. The first-order chi connectivity index (χ1) is 9.39. The largest absolute Gasteiger partial charge is 0.353 e. The van der Waals surface area contributed by atoms with E-state index in [0.29, 0.717) is 11.1 Å². The Kier molecular flexibility index (Phi) is 4.71. The molecule has 0 atom stereocenters. The van der Waals surface area contributed by atoms with Crippen molar-refractivity contribution in [2.24, 2.45) is 5.73 Å². The molecule has 0 heterocycles. The molecule has 1 aromatic carbocycles. The van der Waals surface area contributed by atoms with Gasteiger partial charge in [-0.15, -0.1) is 0 Å². The molecule has 4 heteroatoms.